The third kappa shape index (κ3) is 4.27. The summed E-state index contributed by atoms with van der Waals surface area (Å²) in [5, 5.41) is 7.82. The van der Waals surface area contributed by atoms with Gasteiger partial charge >= 0.3 is 0 Å². The number of carbonyl (C=O) groups is 1. The molecule has 1 amide bonds. The molecule has 0 saturated heterocycles. The van der Waals surface area contributed by atoms with Crippen molar-refractivity contribution in [2.75, 3.05) is 10.6 Å². The van der Waals surface area contributed by atoms with Crippen molar-refractivity contribution in [3.8, 4) is 0 Å². The first-order valence-electron chi connectivity index (χ1n) is 9.02. The highest BCUT2D eigenvalue weighted by molar-refractivity contribution is 9.10. The summed E-state index contributed by atoms with van der Waals surface area (Å²) in [6, 6.07) is 20.4. The van der Waals surface area contributed by atoms with Crippen molar-refractivity contribution in [2.24, 2.45) is 0 Å². The molecule has 4 aromatic rings. The van der Waals surface area contributed by atoms with Gasteiger partial charge in [0.25, 0.3) is 5.91 Å². The lowest BCUT2D eigenvalue weighted by molar-refractivity contribution is -0.117. The number of fused-ring (bicyclic) bond motifs is 1. The number of aromatic nitrogens is 1. The third-order valence-corrected chi connectivity index (χ3v) is 5.11. The number of para-hydroxylation sites is 1. The van der Waals surface area contributed by atoms with E-state index in [0.717, 1.165) is 20.8 Å². The van der Waals surface area contributed by atoms with E-state index in [1.54, 1.807) is 30.6 Å². The third-order valence-electron chi connectivity index (χ3n) is 4.58. The molecule has 0 spiro atoms. The van der Waals surface area contributed by atoms with E-state index >= 15 is 0 Å². The monoisotopic (exact) mass is 449 g/mol. The average Bonchev–Trinajstić information content (AvgIpc) is 2.74. The van der Waals surface area contributed by atoms with Crippen molar-refractivity contribution in [3.05, 3.63) is 101 Å². The van der Waals surface area contributed by atoms with E-state index in [1.165, 1.54) is 6.07 Å². The Labute approximate surface area is 175 Å². The molecule has 2 N–H and O–H groups in total. The first-order valence-corrected chi connectivity index (χ1v) is 9.81. The van der Waals surface area contributed by atoms with Crippen LogP contribution in [-0.4, -0.2) is 10.9 Å². The van der Waals surface area contributed by atoms with Crippen molar-refractivity contribution >= 4 is 44.0 Å². The van der Waals surface area contributed by atoms with E-state index in [0.29, 0.717) is 5.69 Å². The lowest BCUT2D eigenvalue weighted by atomic mass is 10.0. The number of anilines is 2. The van der Waals surface area contributed by atoms with E-state index in [2.05, 4.69) is 31.5 Å². The SMILES string of the molecule is O=C(Nc1cccc2cnccc12)[C@@H](Nc1ccccc1F)c1ccc(Br)cc1. The molecular formula is C23H17BrFN3O. The zero-order valence-corrected chi connectivity index (χ0v) is 16.9. The van der Waals surface area contributed by atoms with E-state index in [1.807, 2.05) is 48.5 Å². The summed E-state index contributed by atoms with van der Waals surface area (Å²) in [7, 11) is 0. The lowest BCUT2D eigenvalue weighted by Crippen LogP contribution is -2.27. The van der Waals surface area contributed by atoms with Gasteiger partial charge in [-0.3, -0.25) is 9.78 Å². The van der Waals surface area contributed by atoms with Crippen LogP contribution in [0.25, 0.3) is 10.8 Å². The van der Waals surface area contributed by atoms with E-state index in [4.69, 9.17) is 0 Å². The van der Waals surface area contributed by atoms with Crippen LogP contribution in [-0.2, 0) is 4.79 Å². The second-order valence-corrected chi connectivity index (χ2v) is 7.42. The number of hydrogen-bond donors (Lipinski definition) is 2. The number of rotatable bonds is 5. The molecule has 4 nitrogen and oxygen atoms in total. The Bertz CT molecular complexity index is 1160. The van der Waals surface area contributed by atoms with Crippen molar-refractivity contribution in [3.63, 3.8) is 0 Å². The molecular weight excluding hydrogens is 433 g/mol. The number of carbonyl (C=O) groups excluding carboxylic acids is 1. The number of pyridine rings is 1. The Hall–Kier alpha value is -3.25. The van der Waals surface area contributed by atoms with Crippen LogP contribution in [0.4, 0.5) is 15.8 Å². The van der Waals surface area contributed by atoms with Gasteiger partial charge in [-0.25, -0.2) is 4.39 Å². The summed E-state index contributed by atoms with van der Waals surface area (Å²) in [5.41, 5.74) is 1.65. The van der Waals surface area contributed by atoms with Gasteiger partial charge in [0.05, 0.1) is 5.69 Å². The van der Waals surface area contributed by atoms with Gasteiger partial charge in [0, 0.05) is 33.3 Å². The van der Waals surface area contributed by atoms with Crippen LogP contribution in [0.3, 0.4) is 0 Å². The van der Waals surface area contributed by atoms with Gasteiger partial charge in [-0.05, 0) is 42.0 Å². The maximum absolute atomic E-state index is 14.2. The van der Waals surface area contributed by atoms with Crippen molar-refractivity contribution in [1.29, 1.82) is 0 Å². The topological polar surface area (TPSA) is 54.0 Å². The summed E-state index contributed by atoms with van der Waals surface area (Å²) in [5.74, 6) is -0.710. The molecule has 0 radical (unpaired) electrons. The van der Waals surface area contributed by atoms with Crippen LogP contribution in [0.2, 0.25) is 0 Å². The normalized spacial score (nSPS) is 11.8. The van der Waals surface area contributed by atoms with E-state index in [9.17, 15) is 9.18 Å². The van der Waals surface area contributed by atoms with Gasteiger partial charge in [0.15, 0.2) is 0 Å². The first kappa shape index (κ1) is 19.1. The highest BCUT2D eigenvalue weighted by atomic mass is 79.9. The molecule has 1 heterocycles. The molecule has 144 valence electrons. The highest BCUT2D eigenvalue weighted by Gasteiger charge is 2.22. The second-order valence-electron chi connectivity index (χ2n) is 6.50. The molecule has 0 saturated carbocycles. The zero-order chi connectivity index (χ0) is 20.2. The van der Waals surface area contributed by atoms with Gasteiger partial charge in [-0.2, -0.15) is 0 Å². The zero-order valence-electron chi connectivity index (χ0n) is 15.3. The minimum absolute atomic E-state index is 0.262. The Kier molecular flexibility index (Phi) is 5.53. The van der Waals surface area contributed by atoms with Crippen LogP contribution < -0.4 is 10.6 Å². The number of hydrogen-bond acceptors (Lipinski definition) is 3. The summed E-state index contributed by atoms with van der Waals surface area (Å²) >= 11 is 3.40. The molecule has 0 aliphatic rings. The molecule has 0 aliphatic heterocycles. The number of halogens is 2. The predicted molar refractivity (Wildman–Crippen MR) is 117 cm³/mol. The standard InChI is InChI=1S/C23H17BrFN3O/c24-17-10-8-15(9-11-17)22(27-21-6-2-1-5-19(21)25)23(29)28-20-7-3-4-16-14-26-13-12-18(16)20/h1-14,22,27H,(H,28,29)/t22-/m0/s1. The molecule has 0 fully saturated rings. The number of benzene rings is 3. The van der Waals surface area contributed by atoms with Gasteiger partial charge in [-0.1, -0.05) is 52.3 Å². The molecule has 6 heteroatoms. The van der Waals surface area contributed by atoms with Crippen LogP contribution in [0, 0.1) is 5.82 Å². The van der Waals surface area contributed by atoms with Crippen LogP contribution in [0.15, 0.2) is 89.7 Å². The molecule has 4 rings (SSSR count). The number of nitrogens with one attached hydrogen (secondary N) is 2. The van der Waals surface area contributed by atoms with Crippen molar-refractivity contribution < 1.29 is 9.18 Å². The molecule has 0 unspecified atom stereocenters. The fourth-order valence-corrected chi connectivity index (χ4v) is 3.39. The highest BCUT2D eigenvalue weighted by Crippen LogP contribution is 2.27. The van der Waals surface area contributed by atoms with Crippen LogP contribution in [0.1, 0.15) is 11.6 Å². The van der Waals surface area contributed by atoms with E-state index in [-0.39, 0.29) is 11.6 Å². The minimum Gasteiger partial charge on any atom is -0.368 e. The Morgan fingerprint density at radius 3 is 2.48 bits per heavy atom. The molecule has 29 heavy (non-hydrogen) atoms. The molecule has 1 aromatic heterocycles. The Morgan fingerprint density at radius 1 is 0.931 bits per heavy atom. The quantitative estimate of drug-likeness (QED) is 0.397. The van der Waals surface area contributed by atoms with Gasteiger partial charge in [0.2, 0.25) is 0 Å². The molecule has 0 aliphatic carbocycles. The Balaban J connectivity index is 1.69. The molecule has 1 atom stereocenters. The Morgan fingerprint density at radius 2 is 1.69 bits per heavy atom. The van der Waals surface area contributed by atoms with Crippen LogP contribution in [0.5, 0.6) is 0 Å². The lowest BCUT2D eigenvalue weighted by Gasteiger charge is -2.21. The fourth-order valence-electron chi connectivity index (χ4n) is 3.13. The summed E-state index contributed by atoms with van der Waals surface area (Å²) in [4.78, 5) is 17.4. The predicted octanol–water partition coefficient (Wildman–Crippen LogP) is 5.93. The number of amides is 1. The van der Waals surface area contributed by atoms with E-state index < -0.39 is 11.9 Å². The fraction of sp³-hybridized carbons (Fsp3) is 0.0435. The van der Waals surface area contributed by atoms with Gasteiger partial charge < -0.3 is 10.6 Å². The van der Waals surface area contributed by atoms with Crippen molar-refractivity contribution in [2.45, 2.75) is 6.04 Å². The summed E-state index contributed by atoms with van der Waals surface area (Å²) in [6.45, 7) is 0. The van der Waals surface area contributed by atoms with Crippen LogP contribution >= 0.6 is 15.9 Å². The minimum atomic E-state index is -0.780. The largest absolute Gasteiger partial charge is 0.368 e. The maximum Gasteiger partial charge on any atom is 0.251 e. The molecule has 3 aromatic carbocycles. The average molecular weight is 450 g/mol. The summed E-state index contributed by atoms with van der Waals surface area (Å²) in [6.07, 6.45) is 3.43. The first-order chi connectivity index (χ1) is 14.1. The summed E-state index contributed by atoms with van der Waals surface area (Å²) < 4.78 is 15.1. The van der Waals surface area contributed by atoms with Gasteiger partial charge in [0.1, 0.15) is 11.9 Å². The second kappa shape index (κ2) is 8.41. The molecule has 0 bridgehead atoms. The van der Waals surface area contributed by atoms with Gasteiger partial charge in [-0.15, -0.1) is 0 Å². The number of nitrogens with zero attached hydrogens (tertiary/aromatic N) is 1. The smallest absolute Gasteiger partial charge is 0.251 e. The van der Waals surface area contributed by atoms with Crippen molar-refractivity contribution in [1.82, 2.24) is 4.98 Å². The maximum atomic E-state index is 14.2.